The van der Waals surface area contributed by atoms with Crippen molar-refractivity contribution in [2.75, 3.05) is 13.1 Å². The molecule has 1 rings (SSSR count). The van der Waals surface area contributed by atoms with Gasteiger partial charge in [0.05, 0.1) is 16.1 Å². The second-order valence-electron chi connectivity index (χ2n) is 11.1. The van der Waals surface area contributed by atoms with Crippen LogP contribution < -0.4 is 10.4 Å². The Hall–Kier alpha value is -2.91. The van der Waals surface area contributed by atoms with Crippen molar-refractivity contribution in [3.05, 3.63) is 24.3 Å². The lowest BCUT2D eigenvalue weighted by atomic mass is 10.3. The van der Waals surface area contributed by atoms with E-state index in [2.05, 4.69) is 0 Å². The average Bonchev–Trinajstić information content (AvgIpc) is 2.85. The summed E-state index contributed by atoms with van der Waals surface area (Å²) in [7, 11) is -5.16. The Labute approximate surface area is 245 Å². The summed E-state index contributed by atoms with van der Waals surface area (Å²) in [6.45, 7) is 4.67. The highest BCUT2D eigenvalue weighted by molar-refractivity contribution is 6.91. The molecule has 4 amide bonds. The first kappa shape index (κ1) is 39.1. The van der Waals surface area contributed by atoms with Crippen LogP contribution in [0.1, 0.15) is 12.8 Å². The third-order valence-corrected chi connectivity index (χ3v) is 13.8. The molecule has 0 heterocycles. The third-order valence-electron chi connectivity index (χ3n) is 6.77. The zero-order chi connectivity index (χ0) is 34.7. The van der Waals surface area contributed by atoms with Crippen LogP contribution in [-0.2, 0) is 19.2 Å². The van der Waals surface area contributed by atoms with Gasteiger partial charge < -0.3 is 0 Å². The van der Waals surface area contributed by atoms with E-state index in [-0.39, 0.29) is 24.9 Å². The normalized spacial score (nSPS) is 13.5. The van der Waals surface area contributed by atoms with Gasteiger partial charge in [0.25, 0.3) is 0 Å². The van der Waals surface area contributed by atoms with Gasteiger partial charge in [0.2, 0.25) is 0 Å². The number of carbonyl (C=O) groups excluding carboxylic acids is 4. The van der Waals surface area contributed by atoms with Crippen LogP contribution in [0.3, 0.4) is 0 Å². The average molecular weight is 693 g/mol. The number of halogens is 12. The fraction of sp³-hybridized carbons (Fsp3) is 0.583. The summed E-state index contributed by atoms with van der Waals surface area (Å²) in [5.41, 5.74) is 0. The van der Waals surface area contributed by atoms with Gasteiger partial charge in [0.15, 0.2) is 0 Å². The first-order chi connectivity index (χ1) is 19.5. The minimum absolute atomic E-state index is 0.0657. The molecule has 0 bridgehead atoms. The van der Waals surface area contributed by atoms with E-state index >= 15 is 0 Å². The van der Waals surface area contributed by atoms with E-state index in [0.29, 0.717) is 10.4 Å². The van der Waals surface area contributed by atoms with Crippen molar-refractivity contribution in [2.45, 2.75) is 75.8 Å². The number of amides is 4. The van der Waals surface area contributed by atoms with Gasteiger partial charge in [-0.25, -0.2) is 0 Å². The molecule has 0 aromatic heterocycles. The van der Waals surface area contributed by atoms with Crippen molar-refractivity contribution >= 4 is 50.1 Å². The van der Waals surface area contributed by atoms with Gasteiger partial charge in [-0.1, -0.05) is 72.9 Å². The van der Waals surface area contributed by atoms with Crippen LogP contribution in [0, 0.1) is 0 Å². The van der Waals surface area contributed by atoms with E-state index in [9.17, 15) is 71.9 Å². The number of imide groups is 2. The van der Waals surface area contributed by atoms with Crippen molar-refractivity contribution in [1.82, 2.24) is 9.80 Å². The van der Waals surface area contributed by atoms with E-state index in [1.165, 1.54) is 0 Å². The number of alkyl halides is 12. The molecular formula is C24H28F12N2O4Si2. The Kier molecular flexibility index (Phi) is 12.1. The lowest BCUT2D eigenvalue weighted by molar-refractivity contribution is -0.204. The summed E-state index contributed by atoms with van der Waals surface area (Å²) in [6.07, 6.45) is -23.6. The summed E-state index contributed by atoms with van der Waals surface area (Å²) < 4.78 is 153. The van der Waals surface area contributed by atoms with Gasteiger partial charge >= 0.3 is 48.3 Å². The molecular weight excluding hydrogens is 664 g/mol. The van der Waals surface area contributed by atoms with Gasteiger partial charge in [-0.15, -0.1) is 0 Å². The summed E-state index contributed by atoms with van der Waals surface area (Å²) >= 11 is 0. The minimum atomic E-state index is -5.71. The van der Waals surface area contributed by atoms with Gasteiger partial charge in [0.1, 0.15) is 0 Å². The Bertz CT molecular complexity index is 1060. The van der Waals surface area contributed by atoms with Crippen molar-refractivity contribution in [3.63, 3.8) is 0 Å². The second-order valence-corrected chi connectivity index (χ2v) is 20.8. The number of carbonyl (C=O) groups is 4. The van der Waals surface area contributed by atoms with E-state index in [4.69, 9.17) is 0 Å². The molecule has 0 spiro atoms. The quantitative estimate of drug-likeness (QED) is 0.248. The molecule has 0 unspecified atom stereocenters. The Morgan fingerprint density at radius 3 is 0.886 bits per heavy atom. The number of hydrogen-bond acceptors (Lipinski definition) is 4. The number of benzene rings is 1. The van der Waals surface area contributed by atoms with Crippen LogP contribution >= 0.6 is 0 Å². The van der Waals surface area contributed by atoms with Crippen molar-refractivity contribution in [2.24, 2.45) is 0 Å². The predicted molar refractivity (Wildman–Crippen MR) is 137 cm³/mol. The van der Waals surface area contributed by atoms with Gasteiger partial charge in [0, 0.05) is 13.1 Å². The standard InChI is InChI=1S/C24H28F12N2O4Si2/c1-43(2,13-5-11-37(17(39)21(25,26)27)18(40)22(28,29)30)15-7-9-16(10-8-15)44(3,4)14-6-12-38(19(41)23(31,32)33)20(42)24(34,35)36/h7-10H,5-6,11-14H2,1-4H3. The van der Waals surface area contributed by atoms with Crippen LogP contribution in [0.5, 0.6) is 0 Å². The fourth-order valence-corrected chi connectivity index (χ4v) is 9.02. The maximum Gasteiger partial charge on any atom is 0.471 e. The van der Waals surface area contributed by atoms with E-state index in [1.807, 2.05) is 0 Å². The monoisotopic (exact) mass is 692 g/mol. The second kappa shape index (κ2) is 13.6. The summed E-state index contributed by atoms with van der Waals surface area (Å²) in [5, 5.41) is 1.36. The molecule has 0 N–H and O–H groups in total. The van der Waals surface area contributed by atoms with E-state index in [0.717, 1.165) is 0 Å². The molecule has 0 saturated heterocycles. The van der Waals surface area contributed by atoms with Gasteiger partial charge in [-0.2, -0.15) is 52.7 Å². The predicted octanol–water partition coefficient (Wildman–Crippen LogP) is 5.26. The molecule has 0 saturated carbocycles. The lowest BCUT2D eigenvalue weighted by Crippen LogP contribution is -2.51. The maximum absolute atomic E-state index is 12.8. The Morgan fingerprint density at radius 2 is 0.705 bits per heavy atom. The highest BCUT2D eigenvalue weighted by Crippen LogP contribution is 2.27. The molecule has 0 aliphatic heterocycles. The fourth-order valence-electron chi connectivity index (χ4n) is 4.22. The summed E-state index contributed by atoms with van der Waals surface area (Å²) in [6, 6.07) is 6.64. The van der Waals surface area contributed by atoms with Crippen molar-refractivity contribution in [1.29, 1.82) is 0 Å². The third kappa shape index (κ3) is 10.6. The van der Waals surface area contributed by atoms with Crippen LogP contribution in [0.15, 0.2) is 24.3 Å². The molecule has 0 aliphatic rings. The molecule has 0 radical (unpaired) electrons. The zero-order valence-electron chi connectivity index (χ0n) is 23.6. The molecule has 20 heteroatoms. The summed E-state index contributed by atoms with van der Waals surface area (Å²) in [5.74, 6) is -11.8. The van der Waals surface area contributed by atoms with E-state index < -0.39 is 87.4 Å². The van der Waals surface area contributed by atoms with Crippen molar-refractivity contribution in [3.8, 4) is 0 Å². The van der Waals surface area contributed by atoms with Crippen LogP contribution in [0.2, 0.25) is 38.3 Å². The minimum Gasteiger partial charge on any atom is -0.267 e. The van der Waals surface area contributed by atoms with E-state index in [1.54, 1.807) is 50.5 Å². The molecule has 0 atom stereocenters. The largest absolute Gasteiger partial charge is 0.471 e. The first-order valence-corrected chi connectivity index (χ1v) is 19.1. The number of hydrogen-bond donors (Lipinski definition) is 0. The zero-order valence-corrected chi connectivity index (χ0v) is 25.6. The smallest absolute Gasteiger partial charge is 0.267 e. The first-order valence-electron chi connectivity index (χ1n) is 12.6. The maximum atomic E-state index is 12.8. The van der Waals surface area contributed by atoms with Crippen LogP contribution in [0.4, 0.5) is 52.7 Å². The van der Waals surface area contributed by atoms with Crippen LogP contribution in [0.25, 0.3) is 0 Å². The molecule has 1 aromatic carbocycles. The molecule has 0 fully saturated rings. The van der Waals surface area contributed by atoms with Gasteiger partial charge in [-0.3, -0.25) is 29.0 Å². The SMILES string of the molecule is C[Si](C)(CCCN(C(=O)C(F)(F)F)C(=O)C(F)(F)F)c1ccc([Si](C)(C)CCCN(C(=O)C(F)(F)F)C(=O)C(F)(F)F)cc1. The lowest BCUT2D eigenvalue weighted by Gasteiger charge is -2.28. The summed E-state index contributed by atoms with van der Waals surface area (Å²) in [4.78, 5) is 44.0. The highest BCUT2D eigenvalue weighted by Gasteiger charge is 2.53. The molecule has 0 aliphatic carbocycles. The number of nitrogens with zero attached hydrogens (tertiary/aromatic N) is 2. The van der Waals surface area contributed by atoms with Gasteiger partial charge in [-0.05, 0) is 12.8 Å². The molecule has 44 heavy (non-hydrogen) atoms. The highest BCUT2D eigenvalue weighted by atomic mass is 28.3. The molecule has 1 aromatic rings. The van der Waals surface area contributed by atoms with Crippen molar-refractivity contribution < 1.29 is 71.9 Å². The topological polar surface area (TPSA) is 74.8 Å². The molecule has 6 nitrogen and oxygen atoms in total. The Morgan fingerprint density at radius 1 is 0.500 bits per heavy atom. The number of rotatable bonds is 10. The molecule has 250 valence electrons. The Balaban J connectivity index is 2.99. The van der Waals surface area contributed by atoms with Crippen LogP contribution in [-0.4, -0.2) is 87.4 Å².